The van der Waals surface area contributed by atoms with Crippen molar-refractivity contribution < 1.29 is 4.79 Å². The Morgan fingerprint density at radius 3 is 2.54 bits per heavy atom. The van der Waals surface area contributed by atoms with Crippen LogP contribution < -0.4 is 16.2 Å². The molecule has 4 rings (SSSR count). The summed E-state index contributed by atoms with van der Waals surface area (Å²) in [5.74, 6) is -0.396. The summed E-state index contributed by atoms with van der Waals surface area (Å²) in [7, 11) is 0. The van der Waals surface area contributed by atoms with Crippen LogP contribution in [0.3, 0.4) is 0 Å². The molecule has 0 spiro atoms. The number of aromatic amines is 1. The first kappa shape index (κ1) is 17.9. The average Bonchev–Trinajstić information content (AvgIpc) is 3.14. The van der Waals surface area contributed by atoms with Gasteiger partial charge in [-0.25, -0.2) is 4.98 Å². The van der Waals surface area contributed by atoms with E-state index in [0.29, 0.717) is 18.8 Å². The number of aromatic nitrogens is 2. The van der Waals surface area contributed by atoms with E-state index in [0.717, 1.165) is 20.9 Å². The molecule has 7 heteroatoms. The molecule has 0 aliphatic carbocycles. The molecule has 2 aromatic carbocycles. The molecule has 2 heterocycles. The lowest BCUT2D eigenvalue weighted by Crippen LogP contribution is -2.32. The Balaban J connectivity index is 1.34. The van der Waals surface area contributed by atoms with Gasteiger partial charge in [-0.3, -0.25) is 9.59 Å². The third-order valence-corrected chi connectivity index (χ3v) is 5.21. The highest BCUT2D eigenvalue weighted by molar-refractivity contribution is 7.22. The largest absolute Gasteiger partial charge is 0.360 e. The van der Waals surface area contributed by atoms with Crippen molar-refractivity contribution in [2.24, 2.45) is 0 Å². The molecule has 0 saturated heterocycles. The molecule has 140 valence electrons. The fraction of sp³-hybridized carbons (Fsp3) is 0.0952. The number of pyridine rings is 1. The third kappa shape index (κ3) is 3.94. The highest BCUT2D eigenvalue weighted by Gasteiger charge is 2.11. The number of hydrogen-bond donors (Lipinski definition) is 3. The predicted octanol–water partition coefficient (Wildman–Crippen LogP) is 3.49. The molecule has 0 bridgehead atoms. The van der Waals surface area contributed by atoms with Gasteiger partial charge in [0.05, 0.1) is 10.2 Å². The second kappa shape index (κ2) is 8.06. The Labute approximate surface area is 165 Å². The minimum atomic E-state index is -0.405. The molecule has 1 amide bonds. The number of nitrogens with zero attached hydrogens (tertiary/aromatic N) is 1. The van der Waals surface area contributed by atoms with Gasteiger partial charge < -0.3 is 15.6 Å². The molecule has 3 N–H and O–H groups in total. The predicted molar refractivity (Wildman–Crippen MR) is 113 cm³/mol. The SMILES string of the molecule is O=C(NCCNc1nc2ccccc2s1)c1ccc(-c2ccccc2)[nH]c1=O. The summed E-state index contributed by atoms with van der Waals surface area (Å²) < 4.78 is 1.11. The van der Waals surface area contributed by atoms with Crippen LogP contribution in [-0.4, -0.2) is 29.0 Å². The van der Waals surface area contributed by atoms with Crippen molar-refractivity contribution in [1.82, 2.24) is 15.3 Å². The Hall–Kier alpha value is -3.45. The molecule has 28 heavy (non-hydrogen) atoms. The molecule has 2 aromatic heterocycles. The summed E-state index contributed by atoms with van der Waals surface area (Å²) in [4.78, 5) is 31.8. The molecule has 0 aliphatic heterocycles. The van der Waals surface area contributed by atoms with E-state index in [9.17, 15) is 9.59 Å². The Morgan fingerprint density at radius 1 is 0.964 bits per heavy atom. The minimum absolute atomic E-state index is 0.0969. The van der Waals surface area contributed by atoms with Crippen LogP contribution >= 0.6 is 11.3 Å². The van der Waals surface area contributed by atoms with Crippen LogP contribution in [0.1, 0.15) is 10.4 Å². The zero-order valence-corrected chi connectivity index (χ0v) is 15.8. The van der Waals surface area contributed by atoms with Crippen molar-refractivity contribution in [2.75, 3.05) is 18.4 Å². The Morgan fingerprint density at radius 2 is 1.75 bits per heavy atom. The number of anilines is 1. The van der Waals surface area contributed by atoms with Crippen LogP contribution in [0.15, 0.2) is 71.5 Å². The van der Waals surface area contributed by atoms with Crippen LogP contribution in [0.2, 0.25) is 0 Å². The summed E-state index contributed by atoms with van der Waals surface area (Å²) in [5, 5.41) is 6.76. The van der Waals surface area contributed by atoms with Crippen molar-refractivity contribution in [3.8, 4) is 11.3 Å². The zero-order valence-electron chi connectivity index (χ0n) is 14.9. The lowest BCUT2D eigenvalue weighted by molar-refractivity contribution is 0.0953. The summed E-state index contributed by atoms with van der Waals surface area (Å²) in [6, 6.07) is 20.7. The number of nitrogens with one attached hydrogen (secondary N) is 3. The third-order valence-electron chi connectivity index (χ3n) is 4.22. The van der Waals surface area contributed by atoms with E-state index >= 15 is 0 Å². The maximum absolute atomic E-state index is 12.3. The van der Waals surface area contributed by atoms with Gasteiger partial charge in [-0.2, -0.15) is 0 Å². The van der Waals surface area contributed by atoms with Gasteiger partial charge >= 0.3 is 0 Å². The first-order valence-corrected chi connectivity index (χ1v) is 9.69. The normalized spacial score (nSPS) is 10.7. The molecule has 0 radical (unpaired) electrons. The number of carbonyl (C=O) groups excluding carboxylic acids is 1. The van der Waals surface area contributed by atoms with Gasteiger partial charge in [-0.1, -0.05) is 53.8 Å². The smallest absolute Gasteiger partial charge is 0.261 e. The molecule has 0 saturated carbocycles. The van der Waals surface area contributed by atoms with Gasteiger partial charge in [-0.05, 0) is 29.8 Å². The van der Waals surface area contributed by atoms with Crippen LogP contribution in [-0.2, 0) is 0 Å². The Kier molecular flexibility index (Phi) is 5.16. The maximum atomic E-state index is 12.3. The van der Waals surface area contributed by atoms with E-state index in [-0.39, 0.29) is 5.56 Å². The molecular weight excluding hydrogens is 372 g/mol. The minimum Gasteiger partial charge on any atom is -0.360 e. The van der Waals surface area contributed by atoms with E-state index in [4.69, 9.17) is 0 Å². The highest BCUT2D eigenvalue weighted by Crippen LogP contribution is 2.24. The summed E-state index contributed by atoms with van der Waals surface area (Å²) in [5.41, 5.74) is 2.22. The molecule has 4 aromatic rings. The van der Waals surface area contributed by atoms with Crippen LogP contribution in [0.4, 0.5) is 5.13 Å². The maximum Gasteiger partial charge on any atom is 0.261 e. The van der Waals surface area contributed by atoms with Crippen molar-refractivity contribution in [3.05, 3.63) is 82.6 Å². The number of rotatable bonds is 6. The van der Waals surface area contributed by atoms with Crippen molar-refractivity contribution in [2.45, 2.75) is 0 Å². The second-order valence-corrected chi connectivity index (χ2v) is 7.18. The van der Waals surface area contributed by atoms with Gasteiger partial charge in [0.25, 0.3) is 11.5 Å². The van der Waals surface area contributed by atoms with Crippen molar-refractivity contribution in [1.29, 1.82) is 0 Å². The average molecular weight is 390 g/mol. The first-order valence-electron chi connectivity index (χ1n) is 8.87. The summed E-state index contributed by atoms with van der Waals surface area (Å²) >= 11 is 1.56. The van der Waals surface area contributed by atoms with E-state index in [1.54, 1.807) is 23.5 Å². The van der Waals surface area contributed by atoms with E-state index < -0.39 is 11.5 Å². The topological polar surface area (TPSA) is 86.9 Å². The molecule has 0 atom stereocenters. The molecular formula is C21H18N4O2S. The monoisotopic (exact) mass is 390 g/mol. The number of thiazole rings is 1. The fourth-order valence-corrected chi connectivity index (χ4v) is 3.72. The molecule has 0 fully saturated rings. The lowest BCUT2D eigenvalue weighted by atomic mass is 10.1. The summed E-state index contributed by atoms with van der Waals surface area (Å²) in [6.45, 7) is 0.903. The number of carbonyl (C=O) groups is 1. The number of fused-ring (bicyclic) bond motifs is 1. The van der Waals surface area contributed by atoms with Gasteiger partial charge in [0.1, 0.15) is 5.56 Å². The number of H-pyrrole nitrogens is 1. The van der Waals surface area contributed by atoms with E-state index in [2.05, 4.69) is 20.6 Å². The standard InChI is InChI=1S/C21H18N4O2S/c26-19(15-10-11-16(24-20(15)27)14-6-2-1-3-7-14)22-12-13-23-21-25-17-8-4-5-9-18(17)28-21/h1-11H,12-13H2,(H,22,26)(H,23,25)(H,24,27). The lowest BCUT2D eigenvalue weighted by Gasteiger charge is -2.07. The first-order chi connectivity index (χ1) is 13.7. The molecule has 6 nitrogen and oxygen atoms in total. The van der Waals surface area contributed by atoms with Gasteiger partial charge in [0.15, 0.2) is 5.13 Å². The van der Waals surface area contributed by atoms with Crippen LogP contribution in [0, 0.1) is 0 Å². The fourth-order valence-electron chi connectivity index (χ4n) is 2.83. The quantitative estimate of drug-likeness (QED) is 0.440. The van der Waals surface area contributed by atoms with Crippen LogP contribution in [0.5, 0.6) is 0 Å². The zero-order chi connectivity index (χ0) is 19.3. The number of para-hydroxylation sites is 1. The van der Waals surface area contributed by atoms with Gasteiger partial charge in [0, 0.05) is 18.8 Å². The van der Waals surface area contributed by atoms with Crippen molar-refractivity contribution in [3.63, 3.8) is 0 Å². The number of hydrogen-bond acceptors (Lipinski definition) is 5. The van der Waals surface area contributed by atoms with E-state index in [1.165, 1.54) is 0 Å². The van der Waals surface area contributed by atoms with Crippen LogP contribution in [0.25, 0.3) is 21.5 Å². The highest BCUT2D eigenvalue weighted by atomic mass is 32.1. The molecule has 0 unspecified atom stereocenters. The molecule has 0 aliphatic rings. The van der Waals surface area contributed by atoms with Gasteiger partial charge in [-0.15, -0.1) is 0 Å². The second-order valence-electron chi connectivity index (χ2n) is 6.15. The number of amides is 1. The van der Waals surface area contributed by atoms with Gasteiger partial charge in [0.2, 0.25) is 0 Å². The number of benzene rings is 2. The Bertz CT molecular complexity index is 1130. The van der Waals surface area contributed by atoms with Crippen molar-refractivity contribution >= 4 is 32.6 Å². The summed E-state index contributed by atoms with van der Waals surface area (Å²) in [6.07, 6.45) is 0. The van der Waals surface area contributed by atoms with E-state index in [1.807, 2.05) is 54.6 Å².